The fourth-order valence-electron chi connectivity index (χ4n) is 3.47. The van der Waals surface area contributed by atoms with Gasteiger partial charge in [0.15, 0.2) is 9.84 Å². The summed E-state index contributed by atoms with van der Waals surface area (Å²) >= 11 is 0. The maximum atomic E-state index is 11.6. The molecule has 0 bridgehead atoms. The summed E-state index contributed by atoms with van der Waals surface area (Å²) in [6, 6.07) is 12.9. The molecule has 196 valence electrons. The number of aryl methyl sites for hydroxylation is 1. The van der Waals surface area contributed by atoms with Crippen LogP contribution in [0.2, 0.25) is 0 Å². The van der Waals surface area contributed by atoms with Crippen LogP contribution in [0.15, 0.2) is 53.6 Å². The van der Waals surface area contributed by atoms with E-state index in [1.54, 1.807) is 19.1 Å². The number of benzene rings is 2. The number of aliphatic hydroxyl groups excluding tert-OH is 1. The molecule has 1 aromatic heterocycles. The normalized spacial score (nSPS) is 12.5. The topological polar surface area (TPSA) is 166 Å². The van der Waals surface area contributed by atoms with E-state index in [4.69, 9.17) is 24.5 Å². The number of carbonyl (C=O) groups is 2. The number of carboxylic acids is 2. The predicted octanol–water partition coefficient (Wildman–Crippen LogP) is 2.39. The summed E-state index contributed by atoms with van der Waals surface area (Å²) in [5.41, 5.74) is 2.86. The number of hydrogen-bond donors (Lipinski definition) is 5. The maximum Gasteiger partial charge on any atom is 0.414 e. The van der Waals surface area contributed by atoms with E-state index in [9.17, 15) is 13.5 Å². The van der Waals surface area contributed by atoms with Crippen molar-refractivity contribution in [2.75, 3.05) is 19.4 Å². The van der Waals surface area contributed by atoms with Gasteiger partial charge in [0, 0.05) is 35.4 Å². The zero-order chi connectivity index (χ0) is 27.1. The molecule has 0 radical (unpaired) electrons. The summed E-state index contributed by atoms with van der Waals surface area (Å²) in [6.45, 7) is 6.51. The van der Waals surface area contributed by atoms with Crippen LogP contribution < -0.4 is 10.1 Å². The summed E-state index contributed by atoms with van der Waals surface area (Å²) < 4.78 is 29.0. The van der Waals surface area contributed by atoms with Crippen LogP contribution in [0.25, 0.3) is 10.9 Å². The molecule has 0 fully saturated rings. The molecular formula is C25H32N2O8S. The van der Waals surface area contributed by atoms with Crippen LogP contribution in [-0.4, -0.2) is 71.7 Å². The lowest BCUT2D eigenvalue weighted by atomic mass is 9.94. The van der Waals surface area contributed by atoms with Crippen molar-refractivity contribution in [2.24, 2.45) is 0 Å². The van der Waals surface area contributed by atoms with Crippen LogP contribution in [0.3, 0.4) is 0 Å². The van der Waals surface area contributed by atoms with Gasteiger partial charge in [-0.25, -0.2) is 18.0 Å². The second-order valence-electron chi connectivity index (χ2n) is 9.08. The number of aromatic amines is 1. The summed E-state index contributed by atoms with van der Waals surface area (Å²) in [4.78, 5) is 21.8. The summed E-state index contributed by atoms with van der Waals surface area (Å²) in [7, 11) is -3.25. The van der Waals surface area contributed by atoms with Crippen molar-refractivity contribution in [3.63, 3.8) is 0 Å². The number of H-pyrrole nitrogens is 1. The summed E-state index contributed by atoms with van der Waals surface area (Å²) in [5, 5.41) is 29.8. The monoisotopic (exact) mass is 520 g/mol. The van der Waals surface area contributed by atoms with Crippen molar-refractivity contribution < 1.29 is 38.1 Å². The third-order valence-electron chi connectivity index (χ3n) is 5.31. The summed E-state index contributed by atoms with van der Waals surface area (Å²) in [6.07, 6.45) is 3.34. The van der Waals surface area contributed by atoms with E-state index >= 15 is 0 Å². The van der Waals surface area contributed by atoms with Gasteiger partial charge in [0.1, 0.15) is 18.5 Å². The number of aliphatic carboxylic acids is 2. The van der Waals surface area contributed by atoms with Crippen LogP contribution in [0, 0.1) is 6.92 Å². The number of para-hydroxylation sites is 1. The Labute approximate surface area is 209 Å². The van der Waals surface area contributed by atoms with E-state index in [-0.39, 0.29) is 17.0 Å². The lowest BCUT2D eigenvalue weighted by Gasteiger charge is -2.28. The molecule has 0 saturated carbocycles. The molecule has 2 aromatic carbocycles. The molecule has 3 aromatic rings. The number of ether oxygens (including phenoxy) is 1. The van der Waals surface area contributed by atoms with Crippen molar-refractivity contribution >= 4 is 32.7 Å². The average molecular weight is 521 g/mol. The van der Waals surface area contributed by atoms with Gasteiger partial charge in [0.25, 0.3) is 0 Å². The SMILES string of the molecule is Cc1cc(S(C)(=O)=O)ccc1OCC(O)CNC(C)(C)Cc1c[nH]c2ccccc12.O=C(O)C(=O)O. The molecule has 11 heteroatoms. The first-order valence-corrected chi connectivity index (χ1v) is 13.0. The lowest BCUT2D eigenvalue weighted by molar-refractivity contribution is -0.159. The van der Waals surface area contributed by atoms with Crippen molar-refractivity contribution in [3.8, 4) is 5.75 Å². The smallest absolute Gasteiger partial charge is 0.414 e. The fraction of sp³-hybridized carbons (Fsp3) is 0.360. The number of fused-ring (bicyclic) bond motifs is 1. The minimum Gasteiger partial charge on any atom is -0.491 e. The van der Waals surface area contributed by atoms with E-state index in [0.29, 0.717) is 12.3 Å². The number of nitrogens with one attached hydrogen (secondary N) is 2. The molecule has 0 aliphatic carbocycles. The Balaban J connectivity index is 0.000000678. The van der Waals surface area contributed by atoms with Crippen molar-refractivity contribution in [1.29, 1.82) is 0 Å². The molecule has 1 heterocycles. The van der Waals surface area contributed by atoms with Gasteiger partial charge in [0.05, 0.1) is 4.90 Å². The number of sulfone groups is 1. The lowest BCUT2D eigenvalue weighted by Crippen LogP contribution is -2.46. The molecular weight excluding hydrogens is 488 g/mol. The fourth-order valence-corrected chi connectivity index (χ4v) is 4.18. The minimum atomic E-state index is -3.25. The Morgan fingerprint density at radius 3 is 2.33 bits per heavy atom. The Bertz CT molecular complexity index is 1300. The quantitative estimate of drug-likeness (QED) is 0.266. The van der Waals surface area contributed by atoms with Crippen molar-refractivity contribution in [1.82, 2.24) is 10.3 Å². The van der Waals surface area contributed by atoms with Crippen LogP contribution >= 0.6 is 0 Å². The van der Waals surface area contributed by atoms with E-state index in [1.165, 1.54) is 23.3 Å². The molecule has 36 heavy (non-hydrogen) atoms. The maximum absolute atomic E-state index is 11.6. The first-order chi connectivity index (χ1) is 16.7. The van der Waals surface area contributed by atoms with Gasteiger partial charge in [-0.15, -0.1) is 0 Å². The Morgan fingerprint density at radius 1 is 1.11 bits per heavy atom. The third-order valence-corrected chi connectivity index (χ3v) is 6.42. The highest BCUT2D eigenvalue weighted by Gasteiger charge is 2.21. The number of carboxylic acid groups (broad SMARTS) is 2. The molecule has 0 aliphatic heterocycles. The standard InChI is InChI=1S/C23H30N2O4S.C2H2O4/c1-16-11-19(30(4,27)28)9-10-22(16)29-15-18(26)14-25-23(2,3)12-17-13-24-21-8-6-5-7-20(17)21;3-1(4)2(5)6/h5-11,13,18,24-26H,12,14-15H2,1-4H3;(H,3,4)(H,5,6). The van der Waals surface area contributed by atoms with E-state index in [1.807, 2.05) is 18.3 Å². The molecule has 10 nitrogen and oxygen atoms in total. The first kappa shape index (κ1) is 28.8. The minimum absolute atomic E-state index is 0.120. The van der Waals surface area contributed by atoms with Crippen LogP contribution in [0.1, 0.15) is 25.0 Å². The van der Waals surface area contributed by atoms with Crippen LogP contribution in [-0.2, 0) is 25.8 Å². The molecule has 0 spiro atoms. The molecule has 0 saturated heterocycles. The Morgan fingerprint density at radius 2 is 1.75 bits per heavy atom. The second-order valence-corrected chi connectivity index (χ2v) is 11.1. The van der Waals surface area contributed by atoms with E-state index in [0.717, 1.165) is 17.5 Å². The molecule has 3 rings (SSSR count). The van der Waals surface area contributed by atoms with Gasteiger partial charge in [-0.1, -0.05) is 18.2 Å². The zero-order valence-corrected chi connectivity index (χ0v) is 21.4. The van der Waals surface area contributed by atoms with Gasteiger partial charge in [-0.05, 0) is 62.6 Å². The Kier molecular flexibility index (Phi) is 9.62. The highest BCUT2D eigenvalue weighted by molar-refractivity contribution is 7.90. The van der Waals surface area contributed by atoms with E-state index < -0.39 is 27.9 Å². The van der Waals surface area contributed by atoms with Crippen molar-refractivity contribution in [2.45, 2.75) is 43.7 Å². The average Bonchev–Trinajstić information content (AvgIpc) is 3.19. The summed E-state index contributed by atoms with van der Waals surface area (Å²) in [5.74, 6) is -3.08. The molecule has 0 aliphatic rings. The van der Waals surface area contributed by atoms with Gasteiger partial charge in [-0.3, -0.25) is 0 Å². The highest BCUT2D eigenvalue weighted by atomic mass is 32.2. The number of hydrogen-bond acceptors (Lipinski definition) is 7. The van der Waals surface area contributed by atoms with Crippen LogP contribution in [0.5, 0.6) is 5.75 Å². The molecule has 0 amide bonds. The largest absolute Gasteiger partial charge is 0.491 e. The van der Waals surface area contributed by atoms with Crippen molar-refractivity contribution in [3.05, 3.63) is 59.8 Å². The van der Waals surface area contributed by atoms with Crippen LogP contribution in [0.4, 0.5) is 0 Å². The molecule has 1 unspecified atom stereocenters. The third kappa shape index (κ3) is 8.67. The van der Waals surface area contributed by atoms with Gasteiger partial charge in [0.2, 0.25) is 0 Å². The van der Waals surface area contributed by atoms with E-state index in [2.05, 4.69) is 36.3 Å². The zero-order valence-electron chi connectivity index (χ0n) is 20.6. The number of β-amino-alcohol motifs (C(OH)–C–C–N with tert-alkyl or cyclic N) is 1. The van der Waals surface area contributed by atoms with Gasteiger partial charge >= 0.3 is 11.9 Å². The number of aromatic nitrogens is 1. The first-order valence-electron chi connectivity index (χ1n) is 11.1. The number of rotatable bonds is 9. The Hall–Kier alpha value is -3.41. The van der Waals surface area contributed by atoms with Gasteiger partial charge < -0.3 is 30.4 Å². The second kappa shape index (κ2) is 12.0. The predicted molar refractivity (Wildman–Crippen MR) is 135 cm³/mol. The highest BCUT2D eigenvalue weighted by Crippen LogP contribution is 2.23. The molecule has 5 N–H and O–H groups in total. The van der Waals surface area contributed by atoms with Gasteiger partial charge in [-0.2, -0.15) is 0 Å². The molecule has 1 atom stereocenters. The number of aliphatic hydroxyl groups is 1.